The van der Waals surface area contributed by atoms with Gasteiger partial charge < -0.3 is 9.47 Å². The number of amides is 1. The molecule has 2 aromatic rings. The molecule has 0 radical (unpaired) electrons. The maximum Gasteiger partial charge on any atom is 0.230 e. The van der Waals surface area contributed by atoms with Crippen molar-refractivity contribution in [3.63, 3.8) is 0 Å². The second kappa shape index (κ2) is 5.74. The molecular weight excluding hydrogens is 300 g/mol. The molecule has 2 aliphatic rings. The lowest BCUT2D eigenvalue weighted by Crippen LogP contribution is -2.38. The van der Waals surface area contributed by atoms with Gasteiger partial charge in [0.1, 0.15) is 5.82 Å². The van der Waals surface area contributed by atoms with E-state index in [0.29, 0.717) is 5.91 Å². The molecule has 5 heteroatoms. The van der Waals surface area contributed by atoms with Crippen molar-refractivity contribution in [2.45, 2.75) is 18.9 Å². The van der Waals surface area contributed by atoms with Gasteiger partial charge in [0.15, 0.2) is 0 Å². The highest BCUT2D eigenvalue weighted by atomic mass is 16.2. The zero-order chi connectivity index (χ0) is 16.7. The quantitative estimate of drug-likeness (QED) is 0.865. The van der Waals surface area contributed by atoms with Crippen LogP contribution >= 0.6 is 0 Å². The Hall–Kier alpha value is -2.14. The Morgan fingerprint density at radius 1 is 1.25 bits per heavy atom. The van der Waals surface area contributed by atoms with E-state index in [1.807, 2.05) is 37.5 Å². The fourth-order valence-corrected chi connectivity index (χ4v) is 4.43. The van der Waals surface area contributed by atoms with Crippen molar-refractivity contribution in [2.75, 3.05) is 26.7 Å². The predicted octanol–water partition coefficient (Wildman–Crippen LogP) is 1.87. The number of aromatic nitrogens is 2. The van der Waals surface area contributed by atoms with E-state index in [0.717, 1.165) is 38.4 Å². The Labute approximate surface area is 142 Å². The highest BCUT2D eigenvalue weighted by Crippen LogP contribution is 2.49. The van der Waals surface area contributed by atoms with Gasteiger partial charge >= 0.3 is 0 Å². The Kier molecular flexibility index (Phi) is 3.68. The molecule has 0 bridgehead atoms. The third kappa shape index (κ3) is 2.35. The van der Waals surface area contributed by atoms with E-state index in [1.54, 1.807) is 0 Å². The lowest BCUT2D eigenvalue weighted by atomic mass is 9.73. The maximum atomic E-state index is 13.0. The summed E-state index contributed by atoms with van der Waals surface area (Å²) >= 11 is 0. The van der Waals surface area contributed by atoms with Gasteiger partial charge in [-0.25, -0.2) is 4.98 Å². The molecule has 0 N–H and O–H groups in total. The van der Waals surface area contributed by atoms with Crippen molar-refractivity contribution in [2.24, 2.45) is 12.5 Å². The SMILES string of the molecule is CN1CC(c2ccccc2)C2(CCN(Cc3nccn3C)C2)C1=O. The van der Waals surface area contributed by atoms with Crippen LogP contribution in [0.3, 0.4) is 0 Å². The number of imidazole rings is 1. The molecule has 0 saturated carbocycles. The summed E-state index contributed by atoms with van der Waals surface area (Å²) in [6.45, 7) is 3.40. The van der Waals surface area contributed by atoms with Crippen LogP contribution < -0.4 is 0 Å². The summed E-state index contributed by atoms with van der Waals surface area (Å²) in [7, 11) is 3.96. The molecule has 1 amide bonds. The van der Waals surface area contributed by atoms with Crippen LogP contribution in [-0.4, -0.2) is 51.9 Å². The van der Waals surface area contributed by atoms with E-state index in [-0.39, 0.29) is 11.3 Å². The molecule has 2 aliphatic heterocycles. The van der Waals surface area contributed by atoms with Gasteiger partial charge in [0.05, 0.1) is 12.0 Å². The van der Waals surface area contributed by atoms with Crippen molar-refractivity contribution in [1.82, 2.24) is 19.4 Å². The van der Waals surface area contributed by atoms with Crippen LogP contribution in [0.4, 0.5) is 0 Å². The number of nitrogens with zero attached hydrogens (tertiary/aromatic N) is 4. The van der Waals surface area contributed by atoms with Crippen LogP contribution in [-0.2, 0) is 18.4 Å². The number of carbonyl (C=O) groups excluding carboxylic acids is 1. The first-order chi connectivity index (χ1) is 11.6. The van der Waals surface area contributed by atoms with Gasteiger partial charge in [0.25, 0.3) is 0 Å². The van der Waals surface area contributed by atoms with Crippen LogP contribution in [0.15, 0.2) is 42.7 Å². The molecular formula is C19H24N4O. The Morgan fingerprint density at radius 2 is 2.04 bits per heavy atom. The standard InChI is InChI=1S/C19H24N4O/c1-21-11-9-20-17(21)13-23-10-8-19(14-23)16(12-22(2)18(19)24)15-6-4-3-5-7-15/h3-7,9,11,16H,8,10,12-14H2,1-2H3. The first-order valence-electron chi connectivity index (χ1n) is 8.59. The molecule has 3 heterocycles. The highest BCUT2D eigenvalue weighted by Gasteiger charge is 2.56. The highest BCUT2D eigenvalue weighted by molar-refractivity contribution is 5.87. The number of hydrogen-bond donors (Lipinski definition) is 0. The van der Waals surface area contributed by atoms with Gasteiger partial charge in [-0.3, -0.25) is 9.69 Å². The molecule has 2 fully saturated rings. The Bertz CT molecular complexity index is 741. The minimum atomic E-state index is -0.277. The van der Waals surface area contributed by atoms with Crippen LogP contribution in [0.2, 0.25) is 0 Å². The average molecular weight is 324 g/mol. The second-order valence-corrected chi connectivity index (χ2v) is 7.22. The molecule has 5 nitrogen and oxygen atoms in total. The van der Waals surface area contributed by atoms with Crippen molar-refractivity contribution in [1.29, 1.82) is 0 Å². The van der Waals surface area contributed by atoms with Crippen molar-refractivity contribution in [3.8, 4) is 0 Å². The van der Waals surface area contributed by atoms with E-state index >= 15 is 0 Å². The lowest BCUT2D eigenvalue weighted by Gasteiger charge is -2.28. The summed E-state index contributed by atoms with van der Waals surface area (Å²) in [4.78, 5) is 21.7. The summed E-state index contributed by atoms with van der Waals surface area (Å²) in [5.41, 5.74) is 1.01. The van der Waals surface area contributed by atoms with E-state index in [1.165, 1.54) is 5.56 Å². The molecule has 1 aromatic heterocycles. The van der Waals surface area contributed by atoms with Crippen molar-refractivity contribution < 1.29 is 4.79 Å². The van der Waals surface area contributed by atoms with Gasteiger partial charge in [0, 0.05) is 45.5 Å². The number of hydrogen-bond acceptors (Lipinski definition) is 3. The molecule has 2 unspecified atom stereocenters. The Morgan fingerprint density at radius 3 is 2.75 bits per heavy atom. The summed E-state index contributed by atoms with van der Waals surface area (Å²) in [6.07, 6.45) is 4.74. The number of rotatable bonds is 3. The van der Waals surface area contributed by atoms with Gasteiger partial charge in [0.2, 0.25) is 5.91 Å². The van der Waals surface area contributed by atoms with Crippen LogP contribution in [0.25, 0.3) is 0 Å². The topological polar surface area (TPSA) is 41.4 Å². The zero-order valence-corrected chi connectivity index (χ0v) is 14.4. The zero-order valence-electron chi connectivity index (χ0n) is 14.4. The largest absolute Gasteiger partial charge is 0.345 e. The third-order valence-electron chi connectivity index (χ3n) is 5.76. The molecule has 2 atom stereocenters. The molecule has 2 saturated heterocycles. The molecule has 126 valence electrons. The number of carbonyl (C=O) groups is 1. The fraction of sp³-hybridized carbons (Fsp3) is 0.474. The van der Waals surface area contributed by atoms with Gasteiger partial charge in [-0.2, -0.15) is 0 Å². The third-order valence-corrected chi connectivity index (χ3v) is 5.76. The minimum absolute atomic E-state index is 0.277. The van der Waals surface area contributed by atoms with E-state index in [2.05, 4.69) is 38.7 Å². The first-order valence-corrected chi connectivity index (χ1v) is 8.59. The number of aryl methyl sites for hydroxylation is 1. The maximum absolute atomic E-state index is 13.0. The van der Waals surface area contributed by atoms with Gasteiger partial charge in [-0.1, -0.05) is 30.3 Å². The van der Waals surface area contributed by atoms with Crippen molar-refractivity contribution >= 4 is 5.91 Å². The van der Waals surface area contributed by atoms with Gasteiger partial charge in [-0.05, 0) is 18.5 Å². The number of benzene rings is 1. The smallest absolute Gasteiger partial charge is 0.230 e. The second-order valence-electron chi connectivity index (χ2n) is 7.22. The normalized spacial score (nSPS) is 27.5. The van der Waals surface area contributed by atoms with E-state index < -0.39 is 0 Å². The molecule has 0 aliphatic carbocycles. The molecule has 4 rings (SSSR count). The summed E-state index contributed by atoms with van der Waals surface area (Å²) < 4.78 is 2.06. The number of likely N-dealkylation sites (tertiary alicyclic amines) is 2. The van der Waals surface area contributed by atoms with Gasteiger partial charge in [-0.15, -0.1) is 0 Å². The van der Waals surface area contributed by atoms with Crippen LogP contribution in [0.5, 0.6) is 0 Å². The Balaban J connectivity index is 1.60. The first kappa shape index (κ1) is 15.4. The summed E-state index contributed by atoms with van der Waals surface area (Å²) in [5.74, 6) is 1.64. The van der Waals surface area contributed by atoms with E-state index in [4.69, 9.17) is 0 Å². The fourth-order valence-electron chi connectivity index (χ4n) is 4.43. The van der Waals surface area contributed by atoms with Crippen LogP contribution in [0.1, 0.15) is 23.7 Å². The molecule has 1 aromatic carbocycles. The molecule has 24 heavy (non-hydrogen) atoms. The summed E-state index contributed by atoms with van der Waals surface area (Å²) in [6, 6.07) is 10.5. The average Bonchev–Trinajstić information content (AvgIpc) is 3.26. The van der Waals surface area contributed by atoms with Crippen LogP contribution in [0, 0.1) is 5.41 Å². The van der Waals surface area contributed by atoms with E-state index in [9.17, 15) is 4.79 Å². The van der Waals surface area contributed by atoms with Crippen molar-refractivity contribution in [3.05, 3.63) is 54.1 Å². The lowest BCUT2D eigenvalue weighted by molar-refractivity contribution is -0.134. The molecule has 1 spiro atoms. The predicted molar refractivity (Wildman–Crippen MR) is 92.4 cm³/mol. The monoisotopic (exact) mass is 324 g/mol. The number of likely N-dealkylation sites (N-methyl/N-ethyl adjacent to an activating group) is 1. The minimum Gasteiger partial charge on any atom is -0.345 e. The summed E-state index contributed by atoms with van der Waals surface area (Å²) in [5, 5.41) is 0.